The van der Waals surface area contributed by atoms with Crippen LogP contribution in [0, 0.1) is 23.1 Å². The lowest BCUT2D eigenvalue weighted by Gasteiger charge is -2.24. The lowest BCUT2D eigenvalue weighted by atomic mass is 9.93. The van der Waals surface area contributed by atoms with E-state index in [1.165, 1.54) is 50.7 Å². The summed E-state index contributed by atoms with van der Waals surface area (Å²) in [4.78, 5) is 0. The topological polar surface area (TPSA) is 35.8 Å². The monoisotopic (exact) mass is 274 g/mol. The normalized spacial score (nSPS) is 18.2. The van der Waals surface area contributed by atoms with E-state index in [-0.39, 0.29) is 5.82 Å². The fourth-order valence-corrected chi connectivity index (χ4v) is 3.07. The molecule has 1 saturated carbocycles. The van der Waals surface area contributed by atoms with Crippen molar-refractivity contribution in [2.45, 2.75) is 58.0 Å². The molecule has 1 aliphatic rings. The van der Waals surface area contributed by atoms with Crippen molar-refractivity contribution in [1.29, 1.82) is 5.26 Å². The zero-order valence-electron chi connectivity index (χ0n) is 12.2. The molecule has 1 aromatic rings. The Labute approximate surface area is 121 Å². The van der Waals surface area contributed by atoms with E-state index in [4.69, 9.17) is 5.26 Å². The largest absolute Gasteiger partial charge is 0.310 e. The van der Waals surface area contributed by atoms with Crippen molar-refractivity contribution in [2.75, 3.05) is 0 Å². The summed E-state index contributed by atoms with van der Waals surface area (Å²) in [5.41, 5.74) is 1.32. The Morgan fingerprint density at radius 2 is 2.00 bits per heavy atom. The molecule has 1 aromatic carbocycles. The van der Waals surface area contributed by atoms with Crippen LogP contribution in [-0.2, 0) is 6.54 Å². The van der Waals surface area contributed by atoms with Gasteiger partial charge in [0.1, 0.15) is 5.82 Å². The van der Waals surface area contributed by atoms with Crippen LogP contribution in [0.2, 0.25) is 0 Å². The predicted octanol–water partition coefficient (Wildman–Crippen LogP) is 4.15. The smallest absolute Gasteiger partial charge is 0.123 e. The van der Waals surface area contributed by atoms with Crippen LogP contribution in [0.25, 0.3) is 0 Å². The lowest BCUT2D eigenvalue weighted by Crippen LogP contribution is -2.33. The van der Waals surface area contributed by atoms with Crippen LogP contribution in [0.3, 0.4) is 0 Å². The van der Waals surface area contributed by atoms with Gasteiger partial charge in [0.2, 0.25) is 0 Å². The van der Waals surface area contributed by atoms with Gasteiger partial charge in [0.05, 0.1) is 11.6 Å². The Kier molecular flexibility index (Phi) is 5.55. The van der Waals surface area contributed by atoms with Crippen molar-refractivity contribution in [3.8, 4) is 6.07 Å². The number of rotatable bonds is 4. The van der Waals surface area contributed by atoms with Crippen molar-refractivity contribution in [3.63, 3.8) is 0 Å². The van der Waals surface area contributed by atoms with Gasteiger partial charge in [0, 0.05) is 12.6 Å². The minimum absolute atomic E-state index is 0.275. The first-order chi connectivity index (χ1) is 9.70. The molecule has 0 radical (unpaired) electrons. The molecule has 1 fully saturated rings. The third-order valence-electron chi connectivity index (χ3n) is 4.41. The van der Waals surface area contributed by atoms with Crippen LogP contribution < -0.4 is 5.32 Å². The number of nitriles is 1. The molecule has 0 amide bonds. The predicted molar refractivity (Wildman–Crippen MR) is 78.6 cm³/mol. The molecular formula is C17H23FN2. The fourth-order valence-electron chi connectivity index (χ4n) is 3.07. The Morgan fingerprint density at radius 3 is 2.65 bits per heavy atom. The highest BCUT2D eigenvalue weighted by atomic mass is 19.1. The summed E-state index contributed by atoms with van der Waals surface area (Å²) in [5.74, 6) is 0.430. The van der Waals surface area contributed by atoms with E-state index in [1.807, 2.05) is 0 Å². The highest BCUT2D eigenvalue weighted by Gasteiger charge is 2.18. The number of hydrogen-bond acceptors (Lipinski definition) is 2. The van der Waals surface area contributed by atoms with Gasteiger partial charge < -0.3 is 5.32 Å². The second-order valence-corrected chi connectivity index (χ2v) is 5.83. The van der Waals surface area contributed by atoms with Crippen LogP contribution >= 0.6 is 0 Å². The Morgan fingerprint density at radius 1 is 1.30 bits per heavy atom. The molecular weight excluding hydrogens is 251 g/mol. The van der Waals surface area contributed by atoms with Crippen molar-refractivity contribution < 1.29 is 4.39 Å². The summed E-state index contributed by atoms with van der Waals surface area (Å²) < 4.78 is 13.3. The Balaban J connectivity index is 1.94. The third-order valence-corrected chi connectivity index (χ3v) is 4.41. The minimum atomic E-state index is -0.275. The maximum atomic E-state index is 13.3. The summed E-state index contributed by atoms with van der Waals surface area (Å²) in [5, 5.41) is 12.5. The molecule has 0 unspecified atom stereocenters. The van der Waals surface area contributed by atoms with Crippen molar-refractivity contribution in [3.05, 3.63) is 35.1 Å². The quantitative estimate of drug-likeness (QED) is 0.837. The van der Waals surface area contributed by atoms with E-state index < -0.39 is 0 Å². The standard InChI is InChI=1S/C17H23FN2/c1-13(14-6-4-2-3-5-7-14)20-12-16-10-17(18)9-8-15(16)11-19/h8-10,13-14,20H,2-7,12H2,1H3/t13-/m0/s1. The second-order valence-electron chi connectivity index (χ2n) is 5.83. The molecule has 3 heteroatoms. The van der Waals surface area contributed by atoms with Gasteiger partial charge in [-0.15, -0.1) is 0 Å². The highest BCUT2D eigenvalue weighted by Crippen LogP contribution is 2.25. The first-order valence-corrected chi connectivity index (χ1v) is 7.62. The molecule has 0 spiro atoms. The molecule has 108 valence electrons. The third kappa shape index (κ3) is 4.05. The summed E-state index contributed by atoms with van der Waals surface area (Å²) in [6.45, 7) is 2.78. The van der Waals surface area contributed by atoms with Gasteiger partial charge >= 0.3 is 0 Å². The Hall–Kier alpha value is -1.40. The van der Waals surface area contributed by atoms with Gasteiger partial charge in [0.25, 0.3) is 0 Å². The summed E-state index contributed by atoms with van der Waals surface area (Å²) in [7, 11) is 0. The van der Waals surface area contributed by atoms with E-state index in [1.54, 1.807) is 6.07 Å². The molecule has 0 bridgehead atoms. The highest BCUT2D eigenvalue weighted by molar-refractivity contribution is 5.37. The van der Waals surface area contributed by atoms with Gasteiger partial charge in [-0.05, 0) is 49.4 Å². The molecule has 0 aliphatic heterocycles. The first-order valence-electron chi connectivity index (χ1n) is 7.62. The van der Waals surface area contributed by atoms with Crippen LogP contribution in [0.15, 0.2) is 18.2 Å². The average Bonchev–Trinajstić information content (AvgIpc) is 2.74. The van der Waals surface area contributed by atoms with Crippen LogP contribution in [0.1, 0.15) is 56.6 Å². The van der Waals surface area contributed by atoms with E-state index in [0.717, 1.165) is 5.56 Å². The molecule has 1 N–H and O–H groups in total. The van der Waals surface area contributed by atoms with Gasteiger partial charge in [-0.1, -0.05) is 25.7 Å². The van der Waals surface area contributed by atoms with E-state index >= 15 is 0 Å². The van der Waals surface area contributed by atoms with Gasteiger partial charge in [-0.2, -0.15) is 5.26 Å². The van der Waals surface area contributed by atoms with Gasteiger partial charge in [0.15, 0.2) is 0 Å². The van der Waals surface area contributed by atoms with Gasteiger partial charge in [-0.25, -0.2) is 4.39 Å². The maximum absolute atomic E-state index is 13.3. The van der Waals surface area contributed by atoms with Crippen LogP contribution in [0.5, 0.6) is 0 Å². The van der Waals surface area contributed by atoms with Crippen LogP contribution in [0.4, 0.5) is 4.39 Å². The first kappa shape index (κ1) is 15.0. The lowest BCUT2D eigenvalue weighted by molar-refractivity contribution is 0.336. The molecule has 2 rings (SSSR count). The average molecular weight is 274 g/mol. The molecule has 0 saturated heterocycles. The fraction of sp³-hybridized carbons (Fsp3) is 0.588. The molecule has 1 aliphatic carbocycles. The minimum Gasteiger partial charge on any atom is -0.310 e. The van der Waals surface area contributed by atoms with E-state index in [0.29, 0.717) is 24.1 Å². The number of hydrogen-bond donors (Lipinski definition) is 1. The van der Waals surface area contributed by atoms with Crippen molar-refractivity contribution in [1.82, 2.24) is 5.32 Å². The summed E-state index contributed by atoms with van der Waals surface area (Å²) in [6.07, 6.45) is 7.91. The molecule has 0 aromatic heterocycles. The molecule has 20 heavy (non-hydrogen) atoms. The molecule has 1 atom stereocenters. The number of benzene rings is 1. The number of nitrogens with zero attached hydrogens (tertiary/aromatic N) is 1. The van der Waals surface area contributed by atoms with Crippen molar-refractivity contribution >= 4 is 0 Å². The summed E-state index contributed by atoms with van der Waals surface area (Å²) >= 11 is 0. The van der Waals surface area contributed by atoms with Crippen LogP contribution in [-0.4, -0.2) is 6.04 Å². The van der Waals surface area contributed by atoms with Crippen molar-refractivity contribution in [2.24, 2.45) is 5.92 Å². The molecule has 2 nitrogen and oxygen atoms in total. The number of nitrogens with one attached hydrogen (secondary N) is 1. The summed E-state index contributed by atoms with van der Waals surface area (Å²) in [6, 6.07) is 6.91. The van der Waals surface area contributed by atoms with E-state index in [2.05, 4.69) is 18.3 Å². The SMILES string of the molecule is C[C@H](NCc1cc(F)ccc1C#N)C1CCCCCC1. The Bertz CT molecular complexity index is 470. The maximum Gasteiger partial charge on any atom is 0.123 e. The van der Waals surface area contributed by atoms with E-state index in [9.17, 15) is 4.39 Å². The zero-order chi connectivity index (χ0) is 14.4. The second kappa shape index (κ2) is 7.40. The zero-order valence-corrected chi connectivity index (χ0v) is 12.2. The molecule has 0 heterocycles. The van der Waals surface area contributed by atoms with Gasteiger partial charge in [-0.3, -0.25) is 0 Å². The number of halogens is 1.